The van der Waals surface area contributed by atoms with E-state index in [-0.39, 0.29) is 0 Å². The molecule has 0 bridgehead atoms. The fourth-order valence-electron chi connectivity index (χ4n) is 7.98. The molecule has 10 rings (SSSR count). The molecule has 9 aromatic rings. The summed E-state index contributed by atoms with van der Waals surface area (Å²) < 4.78 is 6.80. The van der Waals surface area contributed by atoms with Crippen LogP contribution in [0.5, 0.6) is 11.5 Å². The molecule has 0 N–H and O–H groups in total. The molecule has 0 saturated carbocycles. The Kier molecular flexibility index (Phi) is 8.01. The maximum Gasteiger partial charge on any atom is 0.187 e. The Balaban J connectivity index is 1.14. The molecule has 56 heavy (non-hydrogen) atoms. The Bertz CT molecular complexity index is 2900. The summed E-state index contributed by atoms with van der Waals surface area (Å²) in [6, 6.07) is 66.5. The molecule has 0 amide bonds. The number of rotatable bonds is 6. The van der Waals surface area contributed by atoms with Gasteiger partial charge in [0.2, 0.25) is 0 Å². The normalized spacial score (nSPS) is 12.6. The van der Waals surface area contributed by atoms with Crippen LogP contribution in [0.2, 0.25) is 0 Å². The number of para-hydroxylation sites is 1. The van der Waals surface area contributed by atoms with Crippen molar-refractivity contribution in [1.82, 2.24) is 15.0 Å². The van der Waals surface area contributed by atoms with Gasteiger partial charge in [0.15, 0.2) is 23.2 Å². The molecular weight excluding hydrogens is 685 g/mol. The van der Waals surface area contributed by atoms with Crippen molar-refractivity contribution >= 4 is 16.5 Å². The first-order valence-electron chi connectivity index (χ1n) is 18.5. The molecule has 0 atom stereocenters. The van der Waals surface area contributed by atoms with E-state index in [1.807, 2.05) is 60.7 Å². The molecule has 0 saturated heterocycles. The van der Waals surface area contributed by atoms with Crippen LogP contribution in [0.25, 0.3) is 60.9 Å². The zero-order chi connectivity index (χ0) is 37.5. The number of fused-ring (bicyclic) bond motifs is 3. The summed E-state index contributed by atoms with van der Waals surface area (Å²) in [4.78, 5) is 18.8. The zero-order valence-corrected chi connectivity index (χ0v) is 30.2. The summed E-state index contributed by atoms with van der Waals surface area (Å²) in [7, 11) is 0. The Morgan fingerprint density at radius 2 is 0.875 bits per heavy atom. The van der Waals surface area contributed by atoms with Crippen LogP contribution in [0.4, 0.5) is 5.69 Å². The van der Waals surface area contributed by atoms with Crippen molar-refractivity contribution in [2.24, 2.45) is 0 Å². The van der Waals surface area contributed by atoms with Gasteiger partial charge in [0.1, 0.15) is 11.5 Å². The molecule has 262 valence electrons. The molecule has 0 radical (unpaired) electrons. The van der Waals surface area contributed by atoms with E-state index in [9.17, 15) is 0 Å². The van der Waals surface area contributed by atoms with E-state index in [2.05, 4.69) is 138 Å². The van der Waals surface area contributed by atoms with E-state index in [0.717, 1.165) is 72.3 Å². The van der Waals surface area contributed by atoms with Crippen molar-refractivity contribution in [3.05, 3.63) is 228 Å². The van der Waals surface area contributed by atoms with Crippen LogP contribution in [0.1, 0.15) is 22.3 Å². The van der Waals surface area contributed by atoms with Gasteiger partial charge in [-0.1, -0.05) is 176 Å². The third-order valence-electron chi connectivity index (χ3n) is 10.7. The maximum atomic E-state index is 7.30. The summed E-state index contributed by atoms with van der Waals surface area (Å²) in [5.74, 6) is 3.26. The fraction of sp³-hybridized carbons (Fsp3) is 0.0196. The standard InChI is InChI=1S/C51H32N4O/c1-52-43-29-26-36(27-30-43)35-20-23-37(24-21-35)48-53-49(39-25-22-34-12-8-9-13-38(34)32-39)55-50(54-48)40-28-31-45-47(33-40)56-46-19-11-10-18-44(46)51(45,41-14-4-2-5-15-41)42-16-6-3-7-17-42/h2-33H. The lowest BCUT2D eigenvalue weighted by molar-refractivity contribution is 0.434. The van der Waals surface area contributed by atoms with Crippen LogP contribution >= 0.6 is 0 Å². The molecule has 8 aromatic carbocycles. The van der Waals surface area contributed by atoms with Crippen LogP contribution in [0.15, 0.2) is 194 Å². The summed E-state index contributed by atoms with van der Waals surface area (Å²) in [6.45, 7) is 7.30. The van der Waals surface area contributed by atoms with E-state index in [0.29, 0.717) is 23.2 Å². The van der Waals surface area contributed by atoms with E-state index in [1.165, 1.54) is 0 Å². The third-order valence-corrected chi connectivity index (χ3v) is 10.7. The van der Waals surface area contributed by atoms with Crippen molar-refractivity contribution < 1.29 is 4.74 Å². The molecule has 2 heterocycles. The molecule has 0 unspecified atom stereocenters. The lowest BCUT2D eigenvalue weighted by Crippen LogP contribution is -2.34. The predicted octanol–water partition coefficient (Wildman–Crippen LogP) is 12.7. The van der Waals surface area contributed by atoms with E-state index in [4.69, 9.17) is 26.3 Å². The molecule has 0 aliphatic carbocycles. The van der Waals surface area contributed by atoms with Crippen LogP contribution in [0, 0.1) is 6.57 Å². The van der Waals surface area contributed by atoms with E-state index in [1.54, 1.807) is 0 Å². The Morgan fingerprint density at radius 3 is 1.54 bits per heavy atom. The van der Waals surface area contributed by atoms with Crippen molar-refractivity contribution in [3.8, 4) is 56.8 Å². The minimum atomic E-state index is -0.621. The van der Waals surface area contributed by atoms with Gasteiger partial charge in [-0.25, -0.2) is 19.8 Å². The first-order chi connectivity index (χ1) is 27.7. The monoisotopic (exact) mass is 716 g/mol. The van der Waals surface area contributed by atoms with Gasteiger partial charge in [-0.3, -0.25) is 0 Å². The first-order valence-corrected chi connectivity index (χ1v) is 18.5. The molecule has 1 aliphatic rings. The number of hydrogen-bond donors (Lipinski definition) is 0. The largest absolute Gasteiger partial charge is 0.457 e. The lowest BCUT2D eigenvalue weighted by Gasteiger charge is -2.41. The van der Waals surface area contributed by atoms with Crippen molar-refractivity contribution in [3.63, 3.8) is 0 Å². The molecule has 5 heteroatoms. The predicted molar refractivity (Wildman–Crippen MR) is 224 cm³/mol. The van der Waals surface area contributed by atoms with Crippen LogP contribution < -0.4 is 4.74 Å². The van der Waals surface area contributed by atoms with Crippen LogP contribution in [0.3, 0.4) is 0 Å². The van der Waals surface area contributed by atoms with E-state index >= 15 is 0 Å². The minimum Gasteiger partial charge on any atom is -0.457 e. The highest BCUT2D eigenvalue weighted by Crippen LogP contribution is 2.55. The Labute approximate surface area is 325 Å². The fourth-order valence-corrected chi connectivity index (χ4v) is 7.98. The Morgan fingerprint density at radius 1 is 0.393 bits per heavy atom. The van der Waals surface area contributed by atoms with Gasteiger partial charge >= 0.3 is 0 Å². The third kappa shape index (κ3) is 5.60. The van der Waals surface area contributed by atoms with Crippen molar-refractivity contribution in [2.45, 2.75) is 5.41 Å². The number of benzene rings is 8. The highest BCUT2D eigenvalue weighted by Gasteiger charge is 2.45. The highest BCUT2D eigenvalue weighted by atomic mass is 16.5. The number of ether oxygens (including phenoxy) is 1. The topological polar surface area (TPSA) is 52.3 Å². The van der Waals surface area contributed by atoms with E-state index < -0.39 is 5.41 Å². The van der Waals surface area contributed by atoms with Gasteiger partial charge in [-0.2, -0.15) is 0 Å². The first kappa shape index (κ1) is 32.9. The van der Waals surface area contributed by atoms with Gasteiger partial charge < -0.3 is 4.74 Å². The van der Waals surface area contributed by atoms with Crippen LogP contribution in [-0.2, 0) is 5.41 Å². The quantitative estimate of drug-likeness (QED) is 0.161. The summed E-state index contributed by atoms with van der Waals surface area (Å²) in [6.07, 6.45) is 0. The van der Waals surface area contributed by atoms with Gasteiger partial charge in [-0.05, 0) is 51.2 Å². The maximum absolute atomic E-state index is 7.30. The summed E-state index contributed by atoms with van der Waals surface area (Å²) in [5, 5.41) is 2.26. The highest BCUT2D eigenvalue weighted by molar-refractivity contribution is 5.87. The lowest BCUT2D eigenvalue weighted by atomic mass is 9.63. The van der Waals surface area contributed by atoms with Gasteiger partial charge in [0, 0.05) is 27.8 Å². The smallest absolute Gasteiger partial charge is 0.187 e. The Hall–Kier alpha value is -7.68. The molecule has 5 nitrogen and oxygen atoms in total. The second-order valence-electron chi connectivity index (χ2n) is 13.9. The zero-order valence-electron chi connectivity index (χ0n) is 30.2. The van der Waals surface area contributed by atoms with Gasteiger partial charge in [0.05, 0.1) is 12.0 Å². The summed E-state index contributed by atoms with van der Waals surface area (Å²) >= 11 is 0. The molecule has 1 aliphatic heterocycles. The average molecular weight is 717 g/mol. The minimum absolute atomic E-state index is 0.548. The average Bonchev–Trinajstić information content (AvgIpc) is 3.28. The van der Waals surface area contributed by atoms with Crippen molar-refractivity contribution in [2.75, 3.05) is 0 Å². The van der Waals surface area contributed by atoms with Gasteiger partial charge in [-0.15, -0.1) is 0 Å². The van der Waals surface area contributed by atoms with Crippen molar-refractivity contribution in [1.29, 1.82) is 0 Å². The number of nitrogens with zero attached hydrogens (tertiary/aromatic N) is 4. The van der Waals surface area contributed by atoms with Crippen LogP contribution in [-0.4, -0.2) is 15.0 Å². The molecular formula is C51H32N4O. The molecule has 0 spiro atoms. The summed E-state index contributed by atoms with van der Waals surface area (Å²) in [5.41, 5.74) is 9.11. The SMILES string of the molecule is [C-]#[N+]c1ccc(-c2ccc(-c3nc(-c4ccc5c(c4)Oc4ccccc4C5(c4ccccc4)c4ccccc4)nc(-c4ccc5ccccc5c4)n3)cc2)cc1. The second kappa shape index (κ2) is 13.6. The molecule has 1 aromatic heterocycles. The second-order valence-corrected chi connectivity index (χ2v) is 13.9. The number of hydrogen-bond acceptors (Lipinski definition) is 4. The number of aromatic nitrogens is 3. The van der Waals surface area contributed by atoms with Gasteiger partial charge in [0.25, 0.3) is 0 Å². The molecule has 0 fully saturated rings.